The number of aliphatic hydroxyl groups excluding tert-OH is 4. The van der Waals surface area contributed by atoms with Crippen LogP contribution < -0.4 is 16.4 Å². The van der Waals surface area contributed by atoms with E-state index >= 15 is 0 Å². The number of allylic oxidation sites excluding steroid dienone is 3. The number of amides is 4. The number of nitrogens with two attached hydrogens (primary N) is 1. The van der Waals surface area contributed by atoms with Crippen molar-refractivity contribution in [2.45, 2.75) is 168 Å². The Morgan fingerprint density at radius 1 is 0.941 bits per heavy atom. The molecule has 396 valence electrons. The van der Waals surface area contributed by atoms with Gasteiger partial charge in [0.2, 0.25) is 24.1 Å². The maximum Gasteiger partial charge on any atom is 0.245 e. The van der Waals surface area contributed by atoms with Crippen LogP contribution in [-0.4, -0.2) is 192 Å². The average molecular weight is 986 g/mol. The SMILES string of the molecule is C=C/C=C(\C=C)CC(NC=O)C(=NC)SC.CC.CCC(C)C(C(CC(=O)N1CCCC1C(OC)C(C)C)OC)N(C)C(=O)C(NC(=O)C(C(C)C)N(C)CC(O)C(O)C(O)C(O)CN)C(C)C. The third-order valence-corrected chi connectivity index (χ3v) is 13.4. The first-order valence-corrected chi connectivity index (χ1v) is 25.4. The summed E-state index contributed by atoms with van der Waals surface area (Å²) in [5, 5.41) is 47.5. The van der Waals surface area contributed by atoms with E-state index in [4.69, 9.17) is 15.2 Å². The van der Waals surface area contributed by atoms with Crippen LogP contribution in [0.15, 0.2) is 42.0 Å². The van der Waals surface area contributed by atoms with Crippen molar-refractivity contribution in [1.29, 1.82) is 0 Å². The highest BCUT2D eigenvalue weighted by Gasteiger charge is 2.42. The number of thioether (sulfide) groups is 1. The van der Waals surface area contributed by atoms with Crippen molar-refractivity contribution >= 4 is 40.9 Å². The van der Waals surface area contributed by atoms with Crippen molar-refractivity contribution in [3.63, 3.8) is 0 Å². The van der Waals surface area contributed by atoms with Gasteiger partial charge in [0.25, 0.3) is 0 Å². The lowest BCUT2D eigenvalue weighted by atomic mass is 9.89. The second-order valence-electron chi connectivity index (χ2n) is 18.2. The van der Waals surface area contributed by atoms with E-state index in [-0.39, 0.29) is 73.2 Å². The fourth-order valence-corrected chi connectivity index (χ4v) is 9.34. The lowest BCUT2D eigenvalue weighted by molar-refractivity contribution is -0.147. The Bertz CT molecular complexity index is 1530. The summed E-state index contributed by atoms with van der Waals surface area (Å²) in [5.74, 6) is -1.13. The molecular weight excluding hydrogens is 891 g/mol. The number of carbonyl (C=O) groups is 4. The van der Waals surface area contributed by atoms with Crippen LogP contribution >= 0.6 is 11.8 Å². The molecule has 1 fully saturated rings. The number of likely N-dealkylation sites (tertiary alicyclic amines) is 1. The third-order valence-electron chi connectivity index (χ3n) is 12.5. The summed E-state index contributed by atoms with van der Waals surface area (Å²) in [6.45, 7) is 27.1. The van der Waals surface area contributed by atoms with Crippen molar-refractivity contribution in [2.75, 3.05) is 61.3 Å². The van der Waals surface area contributed by atoms with Crippen molar-refractivity contribution in [1.82, 2.24) is 25.3 Å². The van der Waals surface area contributed by atoms with Gasteiger partial charge in [0.05, 0.1) is 60.0 Å². The number of hydrogen-bond donors (Lipinski definition) is 7. The number of aliphatic hydroxyl groups is 4. The molecule has 0 aromatic rings. The standard InChI is InChI=1S/C36H71N5O9.C12H18N2OS.C2H6/c1-13-23(8)31(27(49-11)17-28(44)41-16-14-15-24(41)34(50-12)22(6)7)40(10)36(48)29(20(2)3)38-35(47)30(21(4)5)39(9)19-26(43)33(46)32(45)25(42)18-37;1-5-7-10(6-2)8-11(14-9-15)12(13-3)16-4;1-2/h20-27,29-34,42-43,45-46H,13-19,37H2,1-12H3,(H,38,47);5-7,9,11H,1-2,8H2,3-4H3,(H,14,15);1-2H3/b;10-7+,13-12?;. The quantitative estimate of drug-likeness (QED) is 0.0246. The van der Waals surface area contributed by atoms with Crippen LogP contribution in [-0.2, 0) is 28.7 Å². The Morgan fingerprint density at radius 2 is 1.53 bits per heavy atom. The molecule has 8 N–H and O–H groups in total. The zero-order valence-electron chi connectivity index (χ0n) is 44.6. The molecule has 1 aliphatic heterocycles. The Balaban J connectivity index is 0. The molecule has 0 spiro atoms. The molecule has 12 unspecified atom stereocenters. The van der Waals surface area contributed by atoms with E-state index in [1.54, 1.807) is 57.3 Å². The third kappa shape index (κ3) is 21.0. The van der Waals surface area contributed by atoms with Crippen LogP contribution in [0.3, 0.4) is 0 Å². The number of rotatable bonds is 29. The van der Waals surface area contributed by atoms with Gasteiger partial charge in [-0.15, -0.1) is 11.8 Å². The Morgan fingerprint density at radius 3 is 1.96 bits per heavy atom. The predicted octanol–water partition coefficient (Wildman–Crippen LogP) is 3.63. The van der Waals surface area contributed by atoms with Gasteiger partial charge >= 0.3 is 0 Å². The van der Waals surface area contributed by atoms with Crippen molar-refractivity contribution < 1.29 is 49.1 Å². The fourth-order valence-electron chi connectivity index (χ4n) is 8.73. The Labute approximate surface area is 414 Å². The van der Waals surface area contributed by atoms with Crippen LogP contribution in [0.1, 0.15) is 101 Å². The fraction of sp³-hybridized carbons (Fsp3) is 0.780. The van der Waals surface area contributed by atoms with Crippen molar-refractivity contribution in [3.05, 3.63) is 37.0 Å². The lowest BCUT2D eigenvalue weighted by Gasteiger charge is -2.41. The Kier molecular flexibility index (Phi) is 35.2. The van der Waals surface area contributed by atoms with E-state index in [0.717, 1.165) is 29.9 Å². The molecule has 1 saturated heterocycles. The zero-order chi connectivity index (χ0) is 53.0. The minimum absolute atomic E-state index is 0.0223. The number of hydrogen-bond acceptors (Lipinski definition) is 14. The zero-order valence-corrected chi connectivity index (χ0v) is 45.4. The van der Waals surface area contributed by atoms with Gasteiger partial charge in [-0.2, -0.15) is 0 Å². The van der Waals surface area contributed by atoms with Crippen molar-refractivity contribution in [2.24, 2.45) is 34.4 Å². The summed E-state index contributed by atoms with van der Waals surface area (Å²) >= 11 is 1.53. The summed E-state index contributed by atoms with van der Waals surface area (Å²) in [5.41, 5.74) is 6.39. The smallest absolute Gasteiger partial charge is 0.245 e. The average Bonchev–Trinajstić information content (AvgIpc) is 3.79. The van der Waals surface area contributed by atoms with Gasteiger partial charge in [-0.05, 0) is 61.8 Å². The molecule has 1 aliphatic rings. The van der Waals surface area contributed by atoms with Crippen LogP contribution in [0.4, 0.5) is 0 Å². The first kappa shape index (κ1) is 66.9. The topological polar surface area (TPSA) is 240 Å². The van der Waals surface area contributed by atoms with E-state index in [1.165, 1.54) is 11.8 Å². The van der Waals surface area contributed by atoms with Gasteiger partial charge in [0.1, 0.15) is 18.2 Å². The molecule has 0 aromatic heterocycles. The van der Waals surface area contributed by atoms with E-state index < -0.39 is 54.6 Å². The maximum absolute atomic E-state index is 14.3. The second kappa shape index (κ2) is 35.8. The number of nitrogens with zero attached hydrogens (tertiary/aromatic N) is 4. The molecule has 0 aromatic carbocycles. The minimum atomic E-state index is -1.70. The Hall–Kier alpha value is -3.20. The second-order valence-corrected chi connectivity index (χ2v) is 19.1. The van der Waals surface area contributed by atoms with Crippen LogP contribution in [0, 0.1) is 23.7 Å². The van der Waals surface area contributed by atoms with Crippen LogP contribution in [0.2, 0.25) is 0 Å². The molecule has 0 aliphatic carbocycles. The van der Waals surface area contributed by atoms with E-state index in [2.05, 4.69) is 42.6 Å². The summed E-state index contributed by atoms with van der Waals surface area (Å²) in [4.78, 5) is 61.7. The molecular formula is C50H95N7O10S. The molecule has 68 heavy (non-hydrogen) atoms. The van der Waals surface area contributed by atoms with Crippen LogP contribution in [0.25, 0.3) is 0 Å². The number of ether oxygens (including phenoxy) is 2. The maximum atomic E-state index is 14.3. The number of nitrogens with one attached hydrogen (secondary N) is 2. The lowest BCUT2D eigenvalue weighted by Crippen LogP contribution is -2.60. The normalized spacial score (nSPS) is 19.2. The molecule has 12 atom stereocenters. The van der Waals surface area contributed by atoms with Gasteiger partial charge in [-0.25, -0.2) is 0 Å². The largest absolute Gasteiger partial charge is 0.389 e. The number of aliphatic imine (C=N–C) groups is 1. The molecule has 17 nitrogen and oxygen atoms in total. The van der Waals surface area contributed by atoms with Gasteiger partial charge in [0.15, 0.2) is 0 Å². The van der Waals surface area contributed by atoms with E-state index in [1.807, 2.05) is 72.6 Å². The monoisotopic (exact) mass is 986 g/mol. The minimum Gasteiger partial charge on any atom is -0.389 e. The highest BCUT2D eigenvalue weighted by atomic mass is 32.2. The molecule has 4 amide bonds. The summed E-state index contributed by atoms with van der Waals surface area (Å²) in [6.07, 6.45) is 4.27. The predicted molar refractivity (Wildman–Crippen MR) is 277 cm³/mol. The molecule has 1 rings (SSSR count). The van der Waals surface area contributed by atoms with E-state index in [9.17, 15) is 39.6 Å². The summed E-state index contributed by atoms with van der Waals surface area (Å²) in [7, 11) is 8.26. The van der Waals surface area contributed by atoms with Gasteiger partial charge in [-0.3, -0.25) is 29.1 Å². The van der Waals surface area contributed by atoms with Gasteiger partial charge in [0, 0.05) is 47.9 Å². The number of likely N-dealkylation sites (N-methyl/N-ethyl adjacent to an activating group) is 2. The van der Waals surface area contributed by atoms with Gasteiger partial charge in [-0.1, -0.05) is 107 Å². The first-order chi connectivity index (χ1) is 32.0. The van der Waals surface area contributed by atoms with Gasteiger partial charge < -0.3 is 56.1 Å². The molecule has 1 heterocycles. The highest BCUT2D eigenvalue weighted by molar-refractivity contribution is 8.13. The van der Waals surface area contributed by atoms with Crippen molar-refractivity contribution in [3.8, 4) is 0 Å². The first-order valence-electron chi connectivity index (χ1n) is 24.2. The molecule has 0 saturated carbocycles. The summed E-state index contributed by atoms with van der Waals surface area (Å²) < 4.78 is 11.8. The number of carbonyl (C=O) groups excluding carboxylic acids is 4. The van der Waals surface area contributed by atoms with Crippen LogP contribution in [0.5, 0.6) is 0 Å². The highest BCUT2D eigenvalue weighted by Crippen LogP contribution is 2.29. The molecule has 0 radical (unpaired) electrons. The number of methoxy groups -OCH3 is 2. The molecule has 18 heteroatoms. The molecule has 0 bridgehead atoms. The summed E-state index contributed by atoms with van der Waals surface area (Å²) in [6, 6.07) is -2.29. The van der Waals surface area contributed by atoms with E-state index in [0.29, 0.717) is 19.4 Å².